The second-order valence-corrected chi connectivity index (χ2v) is 6.11. The lowest BCUT2D eigenvalue weighted by atomic mass is 10.2. The van der Waals surface area contributed by atoms with Crippen LogP contribution in [0.5, 0.6) is 0 Å². The quantitative estimate of drug-likeness (QED) is 0.725. The van der Waals surface area contributed by atoms with Crippen molar-refractivity contribution in [2.75, 3.05) is 26.2 Å². The van der Waals surface area contributed by atoms with Gasteiger partial charge in [-0.1, -0.05) is 18.2 Å². The molecule has 1 aliphatic heterocycles. The molecular weight excluding hydrogens is 332 g/mol. The van der Waals surface area contributed by atoms with E-state index in [1.54, 1.807) is 32.9 Å². The van der Waals surface area contributed by atoms with E-state index in [2.05, 4.69) is 5.10 Å². The standard InChI is InChI=1S/C19H18N4O3/c24-18(15-6-11-26-14-15)21-7-9-22(10-8-21)19(25)16-12-20-23(13-16)17-4-2-1-3-5-17/h1-6,11-14H,7-10H2. The van der Waals surface area contributed by atoms with E-state index in [9.17, 15) is 9.59 Å². The summed E-state index contributed by atoms with van der Waals surface area (Å²) < 4.78 is 6.65. The van der Waals surface area contributed by atoms with Crippen LogP contribution in [0.25, 0.3) is 5.69 Å². The highest BCUT2D eigenvalue weighted by atomic mass is 16.3. The first-order valence-electron chi connectivity index (χ1n) is 8.43. The average Bonchev–Trinajstić information content (AvgIpc) is 3.40. The molecule has 0 spiro atoms. The van der Waals surface area contributed by atoms with Gasteiger partial charge >= 0.3 is 0 Å². The Bertz CT molecular complexity index is 894. The number of hydrogen-bond acceptors (Lipinski definition) is 4. The molecule has 3 heterocycles. The molecule has 0 bridgehead atoms. The Morgan fingerprint density at radius 1 is 0.885 bits per heavy atom. The number of piperazine rings is 1. The maximum atomic E-state index is 12.7. The Morgan fingerprint density at radius 2 is 1.54 bits per heavy atom. The molecule has 3 aromatic rings. The number of carbonyl (C=O) groups is 2. The van der Waals surface area contributed by atoms with Crippen LogP contribution in [0.4, 0.5) is 0 Å². The van der Waals surface area contributed by atoms with E-state index >= 15 is 0 Å². The van der Waals surface area contributed by atoms with E-state index in [-0.39, 0.29) is 11.8 Å². The van der Waals surface area contributed by atoms with E-state index in [1.807, 2.05) is 30.3 Å². The van der Waals surface area contributed by atoms with Gasteiger partial charge in [0.1, 0.15) is 6.26 Å². The van der Waals surface area contributed by atoms with Crippen LogP contribution in [0, 0.1) is 0 Å². The number of para-hydroxylation sites is 1. The summed E-state index contributed by atoms with van der Waals surface area (Å²) >= 11 is 0. The summed E-state index contributed by atoms with van der Waals surface area (Å²) in [5, 5.41) is 4.27. The van der Waals surface area contributed by atoms with Crippen LogP contribution >= 0.6 is 0 Å². The second kappa shape index (κ2) is 6.87. The zero-order valence-corrected chi connectivity index (χ0v) is 14.1. The third kappa shape index (κ3) is 3.11. The van der Waals surface area contributed by atoms with E-state index < -0.39 is 0 Å². The minimum Gasteiger partial charge on any atom is -0.472 e. The van der Waals surface area contributed by atoms with Gasteiger partial charge in [-0.3, -0.25) is 9.59 Å². The number of carbonyl (C=O) groups excluding carboxylic acids is 2. The molecule has 1 saturated heterocycles. The highest BCUT2D eigenvalue weighted by molar-refractivity contribution is 5.95. The summed E-state index contributed by atoms with van der Waals surface area (Å²) in [6, 6.07) is 11.3. The molecule has 1 fully saturated rings. The smallest absolute Gasteiger partial charge is 0.257 e. The molecular formula is C19H18N4O3. The van der Waals surface area contributed by atoms with Crippen molar-refractivity contribution in [3.05, 3.63) is 72.4 Å². The van der Waals surface area contributed by atoms with E-state index in [0.717, 1.165) is 5.69 Å². The highest BCUT2D eigenvalue weighted by Crippen LogP contribution is 2.13. The molecule has 2 amide bonds. The van der Waals surface area contributed by atoms with Crippen LogP contribution in [0.3, 0.4) is 0 Å². The van der Waals surface area contributed by atoms with Gasteiger partial charge < -0.3 is 14.2 Å². The summed E-state index contributed by atoms with van der Waals surface area (Å²) in [6.07, 6.45) is 6.24. The first-order valence-corrected chi connectivity index (χ1v) is 8.43. The third-order valence-electron chi connectivity index (χ3n) is 4.47. The molecule has 132 valence electrons. The molecule has 0 aliphatic carbocycles. The maximum Gasteiger partial charge on any atom is 0.257 e. The van der Waals surface area contributed by atoms with Gasteiger partial charge in [0.2, 0.25) is 0 Å². The molecule has 0 unspecified atom stereocenters. The predicted octanol–water partition coefficient (Wildman–Crippen LogP) is 2.06. The van der Waals surface area contributed by atoms with Crippen LogP contribution in [0.15, 0.2) is 65.7 Å². The SMILES string of the molecule is O=C(c1ccoc1)N1CCN(C(=O)c2cnn(-c3ccccc3)c2)CC1. The molecule has 0 N–H and O–H groups in total. The molecule has 1 aromatic carbocycles. The lowest BCUT2D eigenvalue weighted by Gasteiger charge is -2.34. The van der Waals surface area contributed by atoms with Crippen molar-refractivity contribution in [3.63, 3.8) is 0 Å². The molecule has 2 aromatic heterocycles. The number of hydrogen-bond donors (Lipinski definition) is 0. The van der Waals surface area contributed by atoms with Gasteiger partial charge in [-0.2, -0.15) is 5.10 Å². The molecule has 7 nitrogen and oxygen atoms in total. The topological polar surface area (TPSA) is 71.6 Å². The van der Waals surface area contributed by atoms with E-state index in [1.165, 1.54) is 12.5 Å². The normalized spacial score (nSPS) is 14.5. The molecule has 7 heteroatoms. The zero-order chi connectivity index (χ0) is 17.9. The van der Waals surface area contributed by atoms with Crippen molar-refractivity contribution >= 4 is 11.8 Å². The third-order valence-corrected chi connectivity index (χ3v) is 4.47. The summed E-state index contributed by atoms with van der Waals surface area (Å²) in [4.78, 5) is 28.5. The van der Waals surface area contributed by atoms with Crippen molar-refractivity contribution in [2.45, 2.75) is 0 Å². The maximum absolute atomic E-state index is 12.7. The number of rotatable bonds is 3. The minimum atomic E-state index is -0.0670. The van der Waals surface area contributed by atoms with Gasteiger partial charge in [0, 0.05) is 32.4 Å². The fourth-order valence-corrected chi connectivity index (χ4v) is 3.02. The molecule has 1 aliphatic rings. The lowest BCUT2D eigenvalue weighted by Crippen LogP contribution is -2.50. The van der Waals surface area contributed by atoms with Crippen LogP contribution < -0.4 is 0 Å². The number of amides is 2. The number of furan rings is 1. The Kier molecular flexibility index (Phi) is 4.27. The van der Waals surface area contributed by atoms with Crippen molar-refractivity contribution in [1.82, 2.24) is 19.6 Å². The van der Waals surface area contributed by atoms with Gasteiger partial charge in [-0.05, 0) is 18.2 Å². The van der Waals surface area contributed by atoms with Gasteiger partial charge in [-0.15, -0.1) is 0 Å². The van der Waals surface area contributed by atoms with Crippen molar-refractivity contribution in [2.24, 2.45) is 0 Å². The number of nitrogens with zero attached hydrogens (tertiary/aromatic N) is 4. The van der Waals surface area contributed by atoms with Crippen molar-refractivity contribution in [3.8, 4) is 5.69 Å². The number of benzene rings is 1. The Balaban J connectivity index is 1.40. The number of aromatic nitrogens is 2. The lowest BCUT2D eigenvalue weighted by molar-refractivity contribution is 0.0535. The van der Waals surface area contributed by atoms with E-state index in [0.29, 0.717) is 37.3 Å². The second-order valence-electron chi connectivity index (χ2n) is 6.11. The van der Waals surface area contributed by atoms with Gasteiger partial charge in [0.05, 0.1) is 29.3 Å². The molecule has 4 rings (SSSR count). The van der Waals surface area contributed by atoms with Crippen molar-refractivity contribution in [1.29, 1.82) is 0 Å². The first kappa shape index (κ1) is 16.1. The fourth-order valence-electron chi connectivity index (χ4n) is 3.02. The first-order chi connectivity index (χ1) is 12.7. The van der Waals surface area contributed by atoms with Gasteiger partial charge in [0.25, 0.3) is 11.8 Å². The Hall–Kier alpha value is -3.35. The van der Waals surface area contributed by atoms with E-state index in [4.69, 9.17) is 4.42 Å². The predicted molar refractivity (Wildman–Crippen MR) is 94.1 cm³/mol. The van der Waals surface area contributed by atoms with Crippen LogP contribution in [0.2, 0.25) is 0 Å². The largest absolute Gasteiger partial charge is 0.472 e. The molecule has 0 radical (unpaired) electrons. The van der Waals surface area contributed by atoms with Gasteiger partial charge in [0.15, 0.2) is 0 Å². The average molecular weight is 350 g/mol. The monoisotopic (exact) mass is 350 g/mol. The summed E-state index contributed by atoms with van der Waals surface area (Å²) in [6.45, 7) is 2.00. The van der Waals surface area contributed by atoms with Crippen LogP contribution in [-0.4, -0.2) is 57.6 Å². The van der Waals surface area contributed by atoms with Crippen molar-refractivity contribution < 1.29 is 14.0 Å². The molecule has 0 saturated carbocycles. The van der Waals surface area contributed by atoms with Crippen LogP contribution in [-0.2, 0) is 0 Å². The fraction of sp³-hybridized carbons (Fsp3) is 0.211. The minimum absolute atomic E-state index is 0.0669. The molecule has 0 atom stereocenters. The summed E-state index contributed by atoms with van der Waals surface area (Å²) in [5.74, 6) is -0.134. The Labute approximate surface area is 150 Å². The zero-order valence-electron chi connectivity index (χ0n) is 14.1. The highest BCUT2D eigenvalue weighted by Gasteiger charge is 2.26. The molecule has 26 heavy (non-hydrogen) atoms. The Morgan fingerprint density at radius 3 is 2.15 bits per heavy atom. The van der Waals surface area contributed by atoms with Gasteiger partial charge in [-0.25, -0.2) is 4.68 Å². The summed E-state index contributed by atoms with van der Waals surface area (Å²) in [5.41, 5.74) is 1.99. The van der Waals surface area contributed by atoms with Crippen LogP contribution in [0.1, 0.15) is 20.7 Å². The summed E-state index contributed by atoms with van der Waals surface area (Å²) in [7, 11) is 0.